The molecule has 0 saturated heterocycles. The van der Waals surface area contributed by atoms with Crippen molar-refractivity contribution in [2.75, 3.05) is 6.61 Å². The van der Waals surface area contributed by atoms with Crippen LogP contribution in [0.3, 0.4) is 0 Å². The summed E-state index contributed by atoms with van der Waals surface area (Å²) in [5.74, 6) is -0.726. The lowest BCUT2D eigenvalue weighted by Crippen LogP contribution is -2.57. The van der Waals surface area contributed by atoms with Crippen molar-refractivity contribution in [3.63, 3.8) is 0 Å². The average molecular weight is 463 g/mol. The van der Waals surface area contributed by atoms with Crippen LogP contribution in [0, 0.1) is 0 Å². The highest BCUT2D eigenvalue weighted by atomic mass is 19.4. The molecule has 1 aliphatic rings. The van der Waals surface area contributed by atoms with Crippen molar-refractivity contribution in [3.8, 4) is 5.75 Å². The van der Waals surface area contributed by atoms with E-state index in [4.69, 9.17) is 4.74 Å². The Bertz CT molecular complexity index is 988. The molecular weight excluding hydrogens is 433 g/mol. The smallest absolute Gasteiger partial charge is 0.438 e. The maximum atomic E-state index is 13.6. The minimum Gasteiger partial charge on any atom is -0.484 e. The molecule has 8 heteroatoms. The predicted octanol–water partition coefficient (Wildman–Crippen LogP) is 5.42. The van der Waals surface area contributed by atoms with Crippen molar-refractivity contribution in [2.45, 2.75) is 63.8 Å². The second-order valence-corrected chi connectivity index (χ2v) is 8.77. The van der Waals surface area contributed by atoms with Crippen molar-refractivity contribution in [1.29, 1.82) is 0 Å². The summed E-state index contributed by atoms with van der Waals surface area (Å²) in [6.07, 6.45) is -4.11. The molecule has 0 saturated carbocycles. The van der Waals surface area contributed by atoms with E-state index in [0.717, 1.165) is 17.5 Å². The largest absolute Gasteiger partial charge is 0.484 e. The van der Waals surface area contributed by atoms with Gasteiger partial charge in [-0.05, 0) is 36.1 Å². The molecule has 2 aromatic carbocycles. The molecule has 1 heterocycles. The average Bonchev–Trinajstić information content (AvgIpc) is 3.15. The summed E-state index contributed by atoms with van der Waals surface area (Å²) < 4.78 is 46.1. The highest BCUT2D eigenvalue weighted by Crippen LogP contribution is 2.41. The molecule has 3 rings (SSSR count). The van der Waals surface area contributed by atoms with Crippen molar-refractivity contribution >= 4 is 11.6 Å². The van der Waals surface area contributed by atoms with E-state index < -0.39 is 30.8 Å². The number of hydrogen-bond donors (Lipinski definition) is 1. The van der Waals surface area contributed by atoms with Gasteiger partial charge in [-0.1, -0.05) is 69.7 Å². The third-order valence-corrected chi connectivity index (χ3v) is 5.99. The van der Waals surface area contributed by atoms with Gasteiger partial charge in [-0.3, -0.25) is 4.79 Å². The van der Waals surface area contributed by atoms with Gasteiger partial charge in [-0.2, -0.15) is 23.3 Å². The molecule has 1 unspecified atom stereocenters. The molecule has 1 N–H and O–H groups in total. The lowest BCUT2D eigenvalue weighted by molar-refractivity contribution is -0.302. The van der Waals surface area contributed by atoms with Gasteiger partial charge in [0.15, 0.2) is 6.61 Å². The number of carbonyl (C=O) groups excluding carboxylic acids is 1. The summed E-state index contributed by atoms with van der Waals surface area (Å²) in [7, 11) is 0. The summed E-state index contributed by atoms with van der Waals surface area (Å²) in [6, 6.07) is 17.0. The zero-order valence-electron chi connectivity index (χ0n) is 19.0. The van der Waals surface area contributed by atoms with Gasteiger partial charge < -0.3 is 9.84 Å². The lowest BCUT2D eigenvalue weighted by atomic mass is 9.78. The van der Waals surface area contributed by atoms with E-state index in [9.17, 15) is 23.1 Å². The Hall–Kier alpha value is -2.87. The molecule has 0 aliphatic carbocycles. The van der Waals surface area contributed by atoms with Gasteiger partial charge in [0.05, 0.1) is 0 Å². The van der Waals surface area contributed by atoms with E-state index in [1.165, 1.54) is 0 Å². The van der Waals surface area contributed by atoms with Crippen molar-refractivity contribution in [3.05, 3.63) is 65.7 Å². The number of benzene rings is 2. The number of ether oxygens (including phenoxy) is 1. The fourth-order valence-corrected chi connectivity index (χ4v) is 3.82. The highest BCUT2D eigenvalue weighted by Gasteiger charge is 2.63. The molecule has 1 amide bonds. The quantitative estimate of drug-likeness (QED) is 0.570. The van der Waals surface area contributed by atoms with Gasteiger partial charge in [-0.25, -0.2) is 0 Å². The van der Waals surface area contributed by atoms with Crippen LogP contribution < -0.4 is 4.74 Å². The SMILES string of the molecule is CCCCC1=NN(C(=O)COc2ccc(C(C)(C)c3ccccc3)cc2)C(O)(C(F)(F)F)C1. The van der Waals surface area contributed by atoms with E-state index in [1.54, 1.807) is 12.1 Å². The van der Waals surface area contributed by atoms with Crippen molar-refractivity contribution < 1.29 is 27.8 Å². The fraction of sp³-hybridized carbons (Fsp3) is 0.440. The maximum absolute atomic E-state index is 13.6. The normalized spacial score (nSPS) is 18.9. The van der Waals surface area contributed by atoms with Gasteiger partial charge in [0.1, 0.15) is 5.75 Å². The third-order valence-electron chi connectivity index (χ3n) is 5.99. The van der Waals surface area contributed by atoms with Crippen LogP contribution in [0.15, 0.2) is 59.7 Å². The molecule has 0 aromatic heterocycles. The van der Waals surface area contributed by atoms with E-state index in [2.05, 4.69) is 18.9 Å². The summed E-state index contributed by atoms with van der Waals surface area (Å²) in [5.41, 5.74) is -1.31. The predicted molar refractivity (Wildman–Crippen MR) is 120 cm³/mol. The van der Waals surface area contributed by atoms with Gasteiger partial charge in [0.25, 0.3) is 11.6 Å². The van der Waals surface area contributed by atoms with Gasteiger partial charge >= 0.3 is 6.18 Å². The first-order chi connectivity index (χ1) is 15.5. The standard InChI is InChI=1S/C25H29F3N2O3/c1-4-5-11-20-16-24(32,25(26,27)28)30(29-20)22(31)17-33-21-14-12-19(13-15-21)23(2,3)18-9-7-6-8-10-18/h6-10,12-15,32H,4-5,11,16-17H2,1-3H3. The number of hydrazone groups is 1. The van der Waals surface area contributed by atoms with E-state index in [-0.39, 0.29) is 22.6 Å². The molecule has 0 fully saturated rings. The zero-order chi connectivity index (χ0) is 24.3. The Morgan fingerprint density at radius 3 is 2.27 bits per heavy atom. The minimum absolute atomic E-state index is 0.130. The van der Waals surface area contributed by atoms with Gasteiger partial charge in [-0.15, -0.1) is 0 Å². The molecule has 1 atom stereocenters. The summed E-state index contributed by atoms with van der Waals surface area (Å²) >= 11 is 0. The number of aliphatic hydroxyl groups is 1. The highest BCUT2D eigenvalue weighted by molar-refractivity contribution is 5.91. The Labute approximate surface area is 191 Å². The van der Waals surface area contributed by atoms with Crippen molar-refractivity contribution in [2.24, 2.45) is 5.10 Å². The minimum atomic E-state index is -5.04. The zero-order valence-corrected chi connectivity index (χ0v) is 19.0. The molecule has 5 nitrogen and oxygen atoms in total. The first kappa shape index (κ1) is 24.8. The topological polar surface area (TPSA) is 62.1 Å². The number of nitrogens with zero attached hydrogens (tertiary/aromatic N) is 2. The number of amides is 1. The number of unbranched alkanes of at least 4 members (excludes halogenated alkanes) is 1. The number of halogens is 3. The number of rotatable bonds is 8. The monoisotopic (exact) mass is 462 g/mol. The first-order valence-electron chi connectivity index (χ1n) is 11.0. The third kappa shape index (κ3) is 5.21. The molecular formula is C25H29F3N2O3. The van der Waals surface area contributed by atoms with Crippen LogP contribution in [0.4, 0.5) is 13.2 Å². The van der Waals surface area contributed by atoms with Gasteiger partial charge in [0.2, 0.25) is 0 Å². The molecule has 2 aromatic rings. The van der Waals surface area contributed by atoms with Crippen LogP contribution in [0.25, 0.3) is 0 Å². The summed E-state index contributed by atoms with van der Waals surface area (Å²) in [6.45, 7) is 5.39. The van der Waals surface area contributed by atoms with E-state index in [0.29, 0.717) is 12.2 Å². The Balaban J connectivity index is 1.70. The number of alkyl halides is 3. The van der Waals surface area contributed by atoms with Crippen molar-refractivity contribution in [1.82, 2.24) is 5.01 Å². The molecule has 0 bridgehead atoms. The molecule has 0 spiro atoms. The summed E-state index contributed by atoms with van der Waals surface area (Å²) in [5, 5.41) is 14.2. The van der Waals surface area contributed by atoms with E-state index in [1.807, 2.05) is 49.4 Å². The van der Waals surface area contributed by atoms with Gasteiger partial charge in [0, 0.05) is 17.5 Å². The molecule has 1 aliphatic heterocycles. The Morgan fingerprint density at radius 1 is 1.09 bits per heavy atom. The van der Waals surface area contributed by atoms with Crippen LogP contribution in [0.5, 0.6) is 5.75 Å². The second kappa shape index (κ2) is 9.55. The Kier molecular flexibility index (Phi) is 7.17. The van der Waals surface area contributed by atoms with Crippen LogP contribution >= 0.6 is 0 Å². The van der Waals surface area contributed by atoms with Crippen LogP contribution in [0.2, 0.25) is 0 Å². The molecule has 178 valence electrons. The number of hydrogen-bond acceptors (Lipinski definition) is 4. The van der Waals surface area contributed by atoms with Crippen LogP contribution in [-0.2, 0) is 10.2 Å². The fourth-order valence-electron chi connectivity index (χ4n) is 3.82. The maximum Gasteiger partial charge on any atom is 0.438 e. The van der Waals surface area contributed by atoms with Crippen LogP contribution in [-0.4, -0.2) is 40.2 Å². The lowest BCUT2D eigenvalue weighted by Gasteiger charge is -2.32. The first-order valence-corrected chi connectivity index (χ1v) is 11.0. The molecule has 0 radical (unpaired) electrons. The number of carbonyl (C=O) groups is 1. The molecule has 33 heavy (non-hydrogen) atoms. The Morgan fingerprint density at radius 2 is 1.70 bits per heavy atom. The van der Waals surface area contributed by atoms with E-state index >= 15 is 0 Å². The second-order valence-electron chi connectivity index (χ2n) is 8.77. The summed E-state index contributed by atoms with van der Waals surface area (Å²) in [4.78, 5) is 12.5. The van der Waals surface area contributed by atoms with Crippen LogP contribution in [0.1, 0.15) is 57.6 Å².